The molecule has 0 aromatic heterocycles. The number of rotatable bonds is 5. The highest BCUT2D eigenvalue weighted by Crippen LogP contribution is 2.26. The molecule has 3 aromatic rings. The molecule has 0 nitrogen and oxygen atoms in total. The lowest BCUT2D eigenvalue weighted by atomic mass is 9.95. The van der Waals surface area contributed by atoms with Crippen molar-refractivity contribution in [2.75, 3.05) is 0 Å². The molecule has 0 unspecified atom stereocenters. The van der Waals surface area contributed by atoms with Crippen LogP contribution in [0.15, 0.2) is 79.4 Å². The summed E-state index contributed by atoms with van der Waals surface area (Å²) in [5.74, 6) is 0. The van der Waals surface area contributed by atoms with E-state index in [-0.39, 0.29) is 0 Å². The van der Waals surface area contributed by atoms with Gasteiger partial charge in [0.15, 0.2) is 0 Å². The number of aryl methyl sites for hydroxylation is 3. The third kappa shape index (κ3) is 8.42. The fourth-order valence-corrected chi connectivity index (χ4v) is 2.99. The van der Waals surface area contributed by atoms with E-state index < -0.39 is 0 Å². The average molecular weight is 413 g/mol. The summed E-state index contributed by atoms with van der Waals surface area (Å²) in [6, 6.07) is 23.6. The molecule has 0 saturated carbocycles. The minimum absolute atomic E-state index is 1.04. The van der Waals surface area contributed by atoms with E-state index in [1.54, 1.807) is 0 Å². The van der Waals surface area contributed by atoms with Gasteiger partial charge in [-0.25, -0.2) is 0 Å². The summed E-state index contributed by atoms with van der Waals surface area (Å²) in [7, 11) is 0. The first-order valence-corrected chi connectivity index (χ1v) is 11.6. The van der Waals surface area contributed by atoms with Crippen molar-refractivity contribution in [3.63, 3.8) is 0 Å². The van der Waals surface area contributed by atoms with E-state index >= 15 is 0 Å². The molecule has 164 valence electrons. The van der Waals surface area contributed by atoms with E-state index in [2.05, 4.69) is 114 Å². The summed E-state index contributed by atoms with van der Waals surface area (Å²) in [5, 5.41) is 0. The smallest absolute Gasteiger partial charge is 0.0160 e. The second-order valence-corrected chi connectivity index (χ2v) is 7.60. The molecule has 0 amide bonds. The highest BCUT2D eigenvalue weighted by atomic mass is 14.1. The van der Waals surface area contributed by atoms with Crippen LogP contribution in [0.2, 0.25) is 0 Å². The Balaban J connectivity index is 0.000000720. The summed E-state index contributed by atoms with van der Waals surface area (Å²) in [5.41, 5.74) is 9.81. The van der Waals surface area contributed by atoms with Gasteiger partial charge in [-0.15, -0.1) is 0 Å². The van der Waals surface area contributed by atoms with Crippen LogP contribution in [0.5, 0.6) is 0 Å². The molecule has 0 aliphatic carbocycles. The zero-order chi connectivity index (χ0) is 23.2. The van der Waals surface area contributed by atoms with Crippen molar-refractivity contribution >= 4 is 11.6 Å². The van der Waals surface area contributed by atoms with Crippen molar-refractivity contribution in [1.29, 1.82) is 0 Å². The van der Waals surface area contributed by atoms with E-state index in [0.29, 0.717) is 0 Å². The standard InChI is InChI=1S/C25H24.C4H10.C2H6/c1-18-10-12-22(16-20(18)3)13-11-19(2)25-15-14-24(17-21(25)4)23-8-6-5-7-9-23;1-3-4-2;1-2/h5-17H,2H2,1,3-4H3;3-4H2,1-2H3;1-2H3/b13-11+;;. The second kappa shape index (κ2) is 14.2. The molecule has 31 heavy (non-hydrogen) atoms. The van der Waals surface area contributed by atoms with Gasteiger partial charge in [0.05, 0.1) is 0 Å². The van der Waals surface area contributed by atoms with Crippen LogP contribution in [0.1, 0.15) is 68.4 Å². The number of unbranched alkanes of at least 4 members (excludes halogenated alkanes) is 1. The van der Waals surface area contributed by atoms with Crippen molar-refractivity contribution < 1.29 is 0 Å². The van der Waals surface area contributed by atoms with Gasteiger partial charge < -0.3 is 0 Å². The summed E-state index contributed by atoms with van der Waals surface area (Å²) in [6.45, 7) is 19.1. The van der Waals surface area contributed by atoms with Crippen LogP contribution in [0.4, 0.5) is 0 Å². The Kier molecular flexibility index (Phi) is 12.0. The maximum atomic E-state index is 4.26. The molecule has 0 aliphatic rings. The monoisotopic (exact) mass is 412 g/mol. The first kappa shape index (κ1) is 26.2. The van der Waals surface area contributed by atoms with Crippen LogP contribution in [-0.4, -0.2) is 0 Å². The van der Waals surface area contributed by atoms with Crippen LogP contribution in [0, 0.1) is 20.8 Å². The van der Waals surface area contributed by atoms with Gasteiger partial charge in [0.2, 0.25) is 0 Å². The molecule has 0 heterocycles. The number of benzene rings is 3. The largest absolute Gasteiger partial charge is 0.0911 e. The quantitative estimate of drug-likeness (QED) is 0.366. The number of hydrogen-bond acceptors (Lipinski definition) is 0. The zero-order valence-corrected chi connectivity index (χ0v) is 20.6. The Morgan fingerprint density at radius 1 is 0.710 bits per heavy atom. The maximum Gasteiger partial charge on any atom is -0.0160 e. The van der Waals surface area contributed by atoms with Crippen LogP contribution in [-0.2, 0) is 0 Å². The molecule has 0 saturated heterocycles. The normalized spacial score (nSPS) is 10.0. The predicted octanol–water partition coefficient (Wildman–Crippen LogP) is 9.84. The van der Waals surface area contributed by atoms with E-state index in [9.17, 15) is 0 Å². The zero-order valence-electron chi connectivity index (χ0n) is 20.6. The van der Waals surface area contributed by atoms with Gasteiger partial charge in [0.25, 0.3) is 0 Å². The Labute approximate surface area is 191 Å². The van der Waals surface area contributed by atoms with Crippen LogP contribution < -0.4 is 0 Å². The summed E-state index contributed by atoms with van der Waals surface area (Å²) >= 11 is 0. The number of allylic oxidation sites excluding steroid dienone is 2. The first-order chi connectivity index (χ1) is 15.0. The van der Waals surface area contributed by atoms with Gasteiger partial charge in [-0.3, -0.25) is 0 Å². The Morgan fingerprint density at radius 2 is 1.35 bits per heavy atom. The molecule has 0 fully saturated rings. The van der Waals surface area contributed by atoms with Crippen molar-refractivity contribution in [2.24, 2.45) is 0 Å². The molecule has 0 bridgehead atoms. The van der Waals surface area contributed by atoms with E-state index in [0.717, 1.165) is 5.57 Å². The van der Waals surface area contributed by atoms with Crippen LogP contribution in [0.3, 0.4) is 0 Å². The molecular weight excluding hydrogens is 372 g/mol. The lowest BCUT2D eigenvalue weighted by Gasteiger charge is -2.09. The van der Waals surface area contributed by atoms with Crippen molar-refractivity contribution in [3.8, 4) is 11.1 Å². The van der Waals surface area contributed by atoms with Crippen LogP contribution in [0.25, 0.3) is 22.8 Å². The molecular formula is C31H40. The van der Waals surface area contributed by atoms with Crippen LogP contribution >= 0.6 is 0 Å². The Morgan fingerprint density at radius 3 is 1.90 bits per heavy atom. The highest BCUT2D eigenvalue weighted by Gasteiger charge is 2.04. The molecule has 0 radical (unpaired) electrons. The average Bonchev–Trinajstić information content (AvgIpc) is 2.81. The summed E-state index contributed by atoms with van der Waals surface area (Å²) < 4.78 is 0. The van der Waals surface area contributed by atoms with Crippen molar-refractivity contribution in [1.82, 2.24) is 0 Å². The van der Waals surface area contributed by atoms with Gasteiger partial charge >= 0.3 is 0 Å². The van der Waals surface area contributed by atoms with Crippen molar-refractivity contribution in [3.05, 3.63) is 107 Å². The maximum absolute atomic E-state index is 4.26. The topological polar surface area (TPSA) is 0 Å². The Hall–Kier alpha value is -2.86. The SMILES string of the molecule is C=C(/C=C/c1ccc(C)c(C)c1)c1ccc(-c2ccccc2)cc1C.CC.CCCC. The molecule has 0 heteroatoms. The van der Waals surface area contributed by atoms with E-state index in [1.165, 1.54) is 51.8 Å². The first-order valence-electron chi connectivity index (χ1n) is 11.6. The fraction of sp³-hybridized carbons (Fsp3) is 0.290. The highest BCUT2D eigenvalue weighted by molar-refractivity contribution is 5.80. The van der Waals surface area contributed by atoms with E-state index in [1.807, 2.05) is 19.9 Å². The lowest BCUT2D eigenvalue weighted by Crippen LogP contribution is -1.88. The molecule has 3 aromatic carbocycles. The third-order valence-electron chi connectivity index (χ3n) is 5.19. The van der Waals surface area contributed by atoms with Gasteiger partial charge in [0, 0.05) is 0 Å². The summed E-state index contributed by atoms with van der Waals surface area (Å²) in [4.78, 5) is 0. The second-order valence-electron chi connectivity index (χ2n) is 7.60. The molecule has 0 spiro atoms. The molecule has 0 atom stereocenters. The minimum atomic E-state index is 1.04. The summed E-state index contributed by atoms with van der Waals surface area (Å²) in [6.07, 6.45) is 6.88. The van der Waals surface area contributed by atoms with Gasteiger partial charge in [-0.05, 0) is 65.3 Å². The predicted molar refractivity (Wildman–Crippen MR) is 143 cm³/mol. The molecule has 0 N–H and O–H groups in total. The van der Waals surface area contributed by atoms with Gasteiger partial charge in [0.1, 0.15) is 0 Å². The van der Waals surface area contributed by atoms with Gasteiger partial charge in [-0.2, -0.15) is 0 Å². The minimum Gasteiger partial charge on any atom is -0.0911 e. The fourth-order valence-electron chi connectivity index (χ4n) is 2.99. The van der Waals surface area contributed by atoms with E-state index in [4.69, 9.17) is 0 Å². The Bertz CT molecular complexity index is 957. The van der Waals surface area contributed by atoms with Gasteiger partial charge in [-0.1, -0.05) is 126 Å². The van der Waals surface area contributed by atoms with Crippen molar-refractivity contribution in [2.45, 2.75) is 61.3 Å². The number of hydrogen-bond donors (Lipinski definition) is 0. The third-order valence-corrected chi connectivity index (χ3v) is 5.19. The molecule has 3 rings (SSSR count). The molecule has 0 aliphatic heterocycles. The lowest BCUT2D eigenvalue weighted by molar-refractivity contribution is 0.886.